The molecule has 28 heavy (non-hydrogen) atoms. The number of hydrogen-bond donors (Lipinski definition) is 2. The average Bonchev–Trinajstić information content (AvgIpc) is 2.68. The topological polar surface area (TPSA) is 101 Å². The second kappa shape index (κ2) is 7.47. The molecule has 0 bridgehead atoms. The summed E-state index contributed by atoms with van der Waals surface area (Å²) >= 11 is 1.33. The van der Waals surface area contributed by atoms with Crippen molar-refractivity contribution >= 4 is 40.2 Å². The van der Waals surface area contributed by atoms with Gasteiger partial charge in [0.2, 0.25) is 5.91 Å². The van der Waals surface area contributed by atoms with E-state index in [2.05, 4.69) is 15.3 Å². The summed E-state index contributed by atoms with van der Waals surface area (Å²) in [6.45, 7) is 1.63. The molecule has 0 unspecified atom stereocenters. The highest BCUT2D eigenvalue weighted by atomic mass is 32.2. The SMILES string of the molecule is C[C@@H](OC(=O)C[C@H]1Sc2ccccc2NC1=O)c1nc2ccccc2c(=O)[nH]1. The van der Waals surface area contributed by atoms with Crippen LogP contribution in [-0.4, -0.2) is 27.1 Å². The first kappa shape index (κ1) is 18.2. The number of amides is 1. The Morgan fingerprint density at radius 2 is 1.93 bits per heavy atom. The number of H-pyrrole nitrogens is 1. The van der Waals surface area contributed by atoms with E-state index in [0.29, 0.717) is 10.9 Å². The highest BCUT2D eigenvalue weighted by Gasteiger charge is 2.30. The van der Waals surface area contributed by atoms with Gasteiger partial charge in [-0.3, -0.25) is 14.4 Å². The summed E-state index contributed by atoms with van der Waals surface area (Å²) < 4.78 is 5.41. The maximum Gasteiger partial charge on any atom is 0.308 e. The molecule has 1 aromatic heterocycles. The van der Waals surface area contributed by atoms with E-state index in [-0.39, 0.29) is 23.7 Å². The summed E-state index contributed by atoms with van der Waals surface area (Å²) in [6.07, 6.45) is -0.818. The van der Waals surface area contributed by atoms with E-state index in [4.69, 9.17) is 4.74 Å². The Labute approximate surface area is 164 Å². The largest absolute Gasteiger partial charge is 0.454 e. The quantitative estimate of drug-likeness (QED) is 0.659. The summed E-state index contributed by atoms with van der Waals surface area (Å²) in [5.41, 5.74) is 0.985. The zero-order valence-corrected chi connectivity index (χ0v) is 15.8. The van der Waals surface area contributed by atoms with Gasteiger partial charge in [-0.15, -0.1) is 11.8 Å². The van der Waals surface area contributed by atoms with Gasteiger partial charge in [-0.1, -0.05) is 24.3 Å². The van der Waals surface area contributed by atoms with Crippen LogP contribution in [0.25, 0.3) is 10.9 Å². The summed E-state index contributed by atoms with van der Waals surface area (Å²) in [5, 5.41) is 2.70. The fourth-order valence-electron chi connectivity index (χ4n) is 2.98. The van der Waals surface area contributed by atoms with Crippen LogP contribution in [0, 0.1) is 0 Å². The van der Waals surface area contributed by atoms with E-state index in [1.807, 2.05) is 24.3 Å². The Morgan fingerprint density at radius 1 is 1.18 bits per heavy atom. The number of carbonyl (C=O) groups excluding carboxylic acids is 2. The molecule has 1 aliphatic heterocycles. The summed E-state index contributed by atoms with van der Waals surface area (Å²) in [7, 11) is 0. The van der Waals surface area contributed by atoms with Gasteiger partial charge >= 0.3 is 5.97 Å². The van der Waals surface area contributed by atoms with E-state index >= 15 is 0 Å². The van der Waals surface area contributed by atoms with Gasteiger partial charge in [0.05, 0.1) is 28.3 Å². The second-order valence-corrected chi connectivity index (χ2v) is 7.64. The Balaban J connectivity index is 1.45. The minimum absolute atomic E-state index is 0.0764. The lowest BCUT2D eigenvalue weighted by Gasteiger charge is -2.23. The lowest BCUT2D eigenvalue weighted by Crippen LogP contribution is -2.31. The molecule has 0 radical (unpaired) electrons. The number of esters is 1. The third kappa shape index (κ3) is 3.63. The van der Waals surface area contributed by atoms with E-state index in [0.717, 1.165) is 10.6 Å². The third-order valence-electron chi connectivity index (χ3n) is 4.38. The van der Waals surface area contributed by atoms with Gasteiger partial charge in [0.15, 0.2) is 11.9 Å². The van der Waals surface area contributed by atoms with Crippen LogP contribution in [0.1, 0.15) is 25.3 Å². The summed E-state index contributed by atoms with van der Waals surface area (Å²) in [5.74, 6) is -0.496. The number of nitrogens with zero attached hydrogens (tertiary/aromatic N) is 1. The Bertz CT molecular complexity index is 1130. The Kier molecular flexibility index (Phi) is 4.87. The number of para-hydroxylation sites is 2. The van der Waals surface area contributed by atoms with Gasteiger partial charge in [-0.05, 0) is 31.2 Å². The lowest BCUT2D eigenvalue weighted by molar-refractivity contribution is -0.149. The van der Waals surface area contributed by atoms with Crippen LogP contribution in [0.2, 0.25) is 0 Å². The molecule has 1 aliphatic rings. The second-order valence-electron chi connectivity index (χ2n) is 6.40. The molecule has 2 N–H and O–H groups in total. The molecule has 142 valence electrons. The van der Waals surface area contributed by atoms with Crippen molar-refractivity contribution in [3.8, 4) is 0 Å². The van der Waals surface area contributed by atoms with Crippen molar-refractivity contribution < 1.29 is 14.3 Å². The number of aromatic amines is 1. The molecule has 7 nitrogen and oxygen atoms in total. The number of thioether (sulfide) groups is 1. The van der Waals surface area contributed by atoms with Gasteiger partial charge in [-0.25, -0.2) is 4.98 Å². The smallest absolute Gasteiger partial charge is 0.308 e. The van der Waals surface area contributed by atoms with Crippen molar-refractivity contribution in [2.24, 2.45) is 0 Å². The van der Waals surface area contributed by atoms with Crippen LogP contribution in [0.3, 0.4) is 0 Å². The molecule has 2 aromatic carbocycles. The lowest BCUT2D eigenvalue weighted by atomic mass is 10.2. The standard InChI is InChI=1S/C20H17N3O4S/c1-11(18-21-13-7-3-2-6-12(13)19(25)23-18)27-17(24)10-16-20(26)22-14-8-4-5-9-15(14)28-16/h2-9,11,16H,10H2,1H3,(H,22,26)(H,21,23,25)/t11-,16-/m1/s1. The first-order chi connectivity index (χ1) is 13.5. The number of fused-ring (bicyclic) bond motifs is 2. The average molecular weight is 395 g/mol. The molecule has 0 saturated heterocycles. The molecule has 4 rings (SSSR count). The van der Waals surface area contributed by atoms with Gasteiger partial charge in [-0.2, -0.15) is 0 Å². The van der Waals surface area contributed by atoms with Gasteiger partial charge in [0.25, 0.3) is 5.56 Å². The molecule has 0 aliphatic carbocycles. The molecule has 0 fully saturated rings. The first-order valence-corrected chi connectivity index (χ1v) is 9.64. The number of benzene rings is 2. The Hall–Kier alpha value is -3.13. The Morgan fingerprint density at radius 3 is 2.79 bits per heavy atom. The molecule has 0 saturated carbocycles. The van der Waals surface area contributed by atoms with Crippen molar-refractivity contribution in [3.05, 3.63) is 64.7 Å². The zero-order valence-electron chi connectivity index (χ0n) is 15.0. The molecule has 8 heteroatoms. The fourth-order valence-corrected chi connectivity index (χ4v) is 4.07. The van der Waals surface area contributed by atoms with Gasteiger partial charge < -0.3 is 15.0 Å². The molecule has 1 amide bonds. The van der Waals surface area contributed by atoms with Crippen LogP contribution >= 0.6 is 11.8 Å². The highest BCUT2D eigenvalue weighted by Crippen LogP contribution is 2.36. The predicted octanol–water partition coefficient (Wildman–Crippen LogP) is 3.03. The molecular weight excluding hydrogens is 378 g/mol. The molecule has 3 aromatic rings. The number of carbonyl (C=O) groups is 2. The van der Waals surface area contributed by atoms with Crippen LogP contribution in [0.5, 0.6) is 0 Å². The molecular formula is C20H17N3O4S. The zero-order chi connectivity index (χ0) is 19.7. The molecule has 2 atom stereocenters. The molecule has 0 spiro atoms. The van der Waals surface area contributed by atoms with Crippen LogP contribution in [0.4, 0.5) is 5.69 Å². The fraction of sp³-hybridized carbons (Fsp3) is 0.200. The number of aromatic nitrogens is 2. The number of nitrogens with one attached hydrogen (secondary N) is 2. The number of anilines is 1. The van der Waals surface area contributed by atoms with E-state index in [9.17, 15) is 14.4 Å². The maximum atomic E-state index is 12.4. The van der Waals surface area contributed by atoms with Gasteiger partial charge in [0, 0.05) is 4.90 Å². The highest BCUT2D eigenvalue weighted by molar-refractivity contribution is 8.01. The van der Waals surface area contributed by atoms with E-state index < -0.39 is 17.3 Å². The number of rotatable bonds is 4. The van der Waals surface area contributed by atoms with Crippen molar-refractivity contribution in [1.29, 1.82) is 0 Å². The normalized spacial score (nSPS) is 16.9. The minimum atomic E-state index is -0.742. The van der Waals surface area contributed by atoms with Crippen molar-refractivity contribution in [3.63, 3.8) is 0 Å². The monoisotopic (exact) mass is 395 g/mol. The maximum absolute atomic E-state index is 12.4. The van der Waals surface area contributed by atoms with E-state index in [1.165, 1.54) is 11.8 Å². The van der Waals surface area contributed by atoms with Crippen LogP contribution in [-0.2, 0) is 14.3 Å². The predicted molar refractivity (Wildman–Crippen MR) is 106 cm³/mol. The van der Waals surface area contributed by atoms with Crippen LogP contribution in [0.15, 0.2) is 58.2 Å². The van der Waals surface area contributed by atoms with Crippen molar-refractivity contribution in [2.45, 2.75) is 29.6 Å². The van der Waals surface area contributed by atoms with Crippen molar-refractivity contribution in [1.82, 2.24) is 9.97 Å². The number of hydrogen-bond acceptors (Lipinski definition) is 6. The summed E-state index contributed by atoms with van der Waals surface area (Å²) in [6, 6.07) is 14.4. The van der Waals surface area contributed by atoms with Crippen molar-refractivity contribution in [2.75, 3.05) is 5.32 Å². The van der Waals surface area contributed by atoms with E-state index in [1.54, 1.807) is 31.2 Å². The third-order valence-corrected chi connectivity index (χ3v) is 5.66. The summed E-state index contributed by atoms with van der Waals surface area (Å²) in [4.78, 5) is 44.7. The minimum Gasteiger partial charge on any atom is -0.454 e. The molecule has 2 heterocycles. The van der Waals surface area contributed by atoms with Gasteiger partial charge in [0.1, 0.15) is 0 Å². The first-order valence-electron chi connectivity index (χ1n) is 8.76. The van der Waals surface area contributed by atoms with Crippen LogP contribution < -0.4 is 10.9 Å². The number of ether oxygens (including phenoxy) is 1.